The summed E-state index contributed by atoms with van der Waals surface area (Å²) in [6, 6.07) is 9.92. The molecule has 1 aromatic carbocycles. The van der Waals surface area contributed by atoms with Gasteiger partial charge in [0, 0.05) is 37.6 Å². The molecule has 1 aliphatic rings. The normalized spacial score (nSPS) is 15.4. The van der Waals surface area contributed by atoms with Crippen molar-refractivity contribution in [2.24, 2.45) is 0 Å². The van der Waals surface area contributed by atoms with Crippen molar-refractivity contribution in [3.63, 3.8) is 0 Å². The highest BCUT2D eigenvalue weighted by molar-refractivity contribution is 7.89. The van der Waals surface area contributed by atoms with Gasteiger partial charge in [-0.15, -0.1) is 0 Å². The van der Waals surface area contributed by atoms with E-state index in [1.807, 2.05) is 7.05 Å². The van der Waals surface area contributed by atoms with E-state index in [-0.39, 0.29) is 23.4 Å². The third kappa shape index (κ3) is 4.93. The number of rotatable bonds is 6. The summed E-state index contributed by atoms with van der Waals surface area (Å²) < 4.78 is 27.5. The smallest absolute Gasteiger partial charge is 0.253 e. The molecule has 0 bridgehead atoms. The molecule has 1 aliphatic carbocycles. The van der Waals surface area contributed by atoms with Crippen molar-refractivity contribution >= 4 is 15.9 Å². The number of nitrogens with zero attached hydrogens (tertiary/aromatic N) is 2. The van der Waals surface area contributed by atoms with E-state index in [0.29, 0.717) is 5.56 Å². The van der Waals surface area contributed by atoms with Crippen LogP contribution < -0.4 is 4.72 Å². The summed E-state index contributed by atoms with van der Waals surface area (Å²) in [7, 11) is -1.80. The Morgan fingerprint density at radius 1 is 1.07 bits per heavy atom. The van der Waals surface area contributed by atoms with Crippen LogP contribution in [0.4, 0.5) is 0 Å². The van der Waals surface area contributed by atoms with Gasteiger partial charge < -0.3 is 4.90 Å². The van der Waals surface area contributed by atoms with E-state index in [4.69, 9.17) is 0 Å². The third-order valence-electron chi connectivity index (χ3n) is 5.07. The van der Waals surface area contributed by atoms with Gasteiger partial charge in [0.1, 0.15) is 0 Å². The zero-order chi connectivity index (χ0) is 19.3. The fraction of sp³-hybridized carbons (Fsp3) is 0.400. The molecule has 1 aromatic heterocycles. The predicted molar refractivity (Wildman–Crippen MR) is 104 cm³/mol. The Hall–Kier alpha value is -2.25. The van der Waals surface area contributed by atoms with Crippen molar-refractivity contribution in [3.05, 3.63) is 59.9 Å². The first kappa shape index (κ1) is 19.5. The fourth-order valence-electron chi connectivity index (χ4n) is 3.38. The van der Waals surface area contributed by atoms with Gasteiger partial charge in [0.25, 0.3) is 5.91 Å². The highest BCUT2D eigenvalue weighted by Gasteiger charge is 2.23. The Bertz CT molecular complexity index is 861. The van der Waals surface area contributed by atoms with Gasteiger partial charge in [-0.1, -0.05) is 19.3 Å². The van der Waals surface area contributed by atoms with Gasteiger partial charge in [-0.25, -0.2) is 13.1 Å². The second-order valence-electron chi connectivity index (χ2n) is 6.91. The number of benzene rings is 1. The van der Waals surface area contributed by atoms with Crippen molar-refractivity contribution in [1.82, 2.24) is 14.6 Å². The standard InChI is InChI=1S/C20H25N3O3S/c1-23(18-5-3-2-4-6-18)20(24)17-7-9-19(10-8-17)27(25,26)22-15-16-11-13-21-14-12-16/h7-14,18,22H,2-6,15H2,1H3. The fourth-order valence-corrected chi connectivity index (χ4v) is 4.39. The molecule has 0 aliphatic heterocycles. The van der Waals surface area contributed by atoms with Gasteiger partial charge in [0.2, 0.25) is 10.0 Å². The van der Waals surface area contributed by atoms with Crippen molar-refractivity contribution < 1.29 is 13.2 Å². The molecule has 6 nitrogen and oxygen atoms in total. The molecule has 27 heavy (non-hydrogen) atoms. The maximum atomic E-state index is 12.7. The van der Waals surface area contributed by atoms with E-state index in [2.05, 4.69) is 9.71 Å². The molecular weight excluding hydrogens is 362 g/mol. The number of nitrogens with one attached hydrogen (secondary N) is 1. The van der Waals surface area contributed by atoms with Crippen LogP contribution in [0.3, 0.4) is 0 Å². The largest absolute Gasteiger partial charge is 0.339 e. The van der Waals surface area contributed by atoms with Crippen molar-refractivity contribution in [1.29, 1.82) is 0 Å². The van der Waals surface area contributed by atoms with Crippen LogP contribution in [0, 0.1) is 0 Å². The molecule has 0 unspecified atom stereocenters. The number of pyridine rings is 1. The summed E-state index contributed by atoms with van der Waals surface area (Å²) >= 11 is 0. The number of carbonyl (C=O) groups is 1. The lowest BCUT2D eigenvalue weighted by atomic mass is 9.94. The number of carbonyl (C=O) groups excluding carboxylic acids is 1. The molecule has 2 aromatic rings. The first-order valence-corrected chi connectivity index (χ1v) is 10.7. The molecule has 1 heterocycles. The van der Waals surface area contributed by atoms with Gasteiger partial charge >= 0.3 is 0 Å². The summed E-state index contributed by atoms with van der Waals surface area (Å²) in [5.74, 6) is -0.0596. The Morgan fingerprint density at radius 2 is 1.70 bits per heavy atom. The Labute approximate surface area is 160 Å². The summed E-state index contributed by atoms with van der Waals surface area (Å²) in [6.07, 6.45) is 8.85. The number of amides is 1. The summed E-state index contributed by atoms with van der Waals surface area (Å²) in [5.41, 5.74) is 1.34. The van der Waals surface area contributed by atoms with Crippen molar-refractivity contribution in [3.8, 4) is 0 Å². The van der Waals surface area contributed by atoms with E-state index in [0.717, 1.165) is 31.2 Å². The zero-order valence-electron chi connectivity index (χ0n) is 15.5. The van der Waals surface area contributed by atoms with Crippen LogP contribution in [0.1, 0.15) is 48.0 Å². The van der Waals surface area contributed by atoms with E-state index >= 15 is 0 Å². The minimum atomic E-state index is -3.64. The van der Waals surface area contributed by atoms with E-state index < -0.39 is 10.0 Å². The summed E-state index contributed by atoms with van der Waals surface area (Å²) in [4.78, 5) is 18.5. The van der Waals surface area contributed by atoms with E-state index in [9.17, 15) is 13.2 Å². The maximum Gasteiger partial charge on any atom is 0.253 e. The second kappa shape index (κ2) is 8.63. The molecule has 0 radical (unpaired) electrons. The molecule has 1 fully saturated rings. The van der Waals surface area contributed by atoms with Gasteiger partial charge in [0.15, 0.2) is 0 Å². The van der Waals surface area contributed by atoms with Gasteiger partial charge in [-0.05, 0) is 54.8 Å². The van der Waals surface area contributed by atoms with E-state index in [1.54, 1.807) is 41.6 Å². The Morgan fingerprint density at radius 3 is 2.33 bits per heavy atom. The van der Waals surface area contributed by atoms with Crippen LogP contribution in [0.2, 0.25) is 0 Å². The van der Waals surface area contributed by atoms with Crippen LogP contribution in [0.15, 0.2) is 53.7 Å². The number of hydrogen-bond donors (Lipinski definition) is 1. The molecular formula is C20H25N3O3S. The molecule has 144 valence electrons. The molecule has 3 rings (SSSR count). The van der Waals surface area contributed by atoms with Crippen molar-refractivity contribution in [2.75, 3.05) is 7.05 Å². The number of sulfonamides is 1. The first-order chi connectivity index (χ1) is 13.0. The summed E-state index contributed by atoms with van der Waals surface area (Å²) in [5, 5.41) is 0. The average Bonchev–Trinajstić information content (AvgIpc) is 2.73. The van der Waals surface area contributed by atoms with Crippen LogP contribution in [-0.2, 0) is 16.6 Å². The quantitative estimate of drug-likeness (QED) is 0.826. The molecule has 0 saturated heterocycles. The number of aromatic nitrogens is 1. The highest BCUT2D eigenvalue weighted by atomic mass is 32.2. The highest BCUT2D eigenvalue weighted by Crippen LogP contribution is 2.23. The topological polar surface area (TPSA) is 79.4 Å². The van der Waals surface area contributed by atoms with E-state index in [1.165, 1.54) is 18.6 Å². The van der Waals surface area contributed by atoms with Gasteiger partial charge in [-0.2, -0.15) is 0 Å². The van der Waals surface area contributed by atoms with Crippen LogP contribution in [0.5, 0.6) is 0 Å². The van der Waals surface area contributed by atoms with Crippen LogP contribution >= 0.6 is 0 Å². The zero-order valence-corrected chi connectivity index (χ0v) is 16.3. The van der Waals surface area contributed by atoms with Crippen LogP contribution in [-0.4, -0.2) is 37.3 Å². The number of hydrogen-bond acceptors (Lipinski definition) is 4. The molecule has 1 saturated carbocycles. The lowest BCUT2D eigenvalue weighted by molar-refractivity contribution is 0.0696. The average molecular weight is 388 g/mol. The Kier molecular flexibility index (Phi) is 6.23. The molecule has 0 atom stereocenters. The lowest BCUT2D eigenvalue weighted by Gasteiger charge is -2.31. The Balaban J connectivity index is 1.65. The maximum absolute atomic E-state index is 12.7. The molecule has 1 N–H and O–H groups in total. The lowest BCUT2D eigenvalue weighted by Crippen LogP contribution is -2.38. The molecule has 7 heteroatoms. The van der Waals surface area contributed by atoms with Crippen molar-refractivity contribution in [2.45, 2.75) is 49.6 Å². The predicted octanol–water partition coefficient (Wildman–Crippen LogP) is 2.96. The van der Waals surface area contributed by atoms with Gasteiger partial charge in [-0.3, -0.25) is 9.78 Å². The first-order valence-electron chi connectivity index (χ1n) is 9.23. The summed E-state index contributed by atoms with van der Waals surface area (Å²) in [6.45, 7) is 0.190. The molecule has 1 amide bonds. The minimum Gasteiger partial charge on any atom is -0.339 e. The minimum absolute atomic E-state index is 0.0596. The third-order valence-corrected chi connectivity index (χ3v) is 6.49. The molecule has 0 spiro atoms. The monoisotopic (exact) mass is 387 g/mol. The van der Waals surface area contributed by atoms with Gasteiger partial charge in [0.05, 0.1) is 4.90 Å². The SMILES string of the molecule is CN(C(=O)c1ccc(S(=O)(=O)NCc2ccncc2)cc1)C1CCCCC1. The van der Waals surface area contributed by atoms with Crippen LogP contribution in [0.25, 0.3) is 0 Å². The second-order valence-corrected chi connectivity index (χ2v) is 8.68.